The second-order valence-electron chi connectivity index (χ2n) is 21.9. The molecule has 19 atom stereocenters. The second-order valence-corrected chi connectivity index (χ2v) is 26.7. The fourth-order valence-corrected chi connectivity index (χ4v) is 13.1. The van der Waals surface area contributed by atoms with E-state index in [-0.39, 0.29) is 108 Å². The topological polar surface area (TPSA) is 100 Å². The normalized spacial score (nSPS) is 48.8. The molecule has 0 aromatic heterocycles. The molecule has 58 heavy (non-hydrogen) atoms. The lowest BCUT2D eigenvalue weighted by molar-refractivity contribution is -0.292. The molecule has 1 spiro atoms. The Kier molecular flexibility index (Phi) is 11.7. The zero-order valence-corrected chi connectivity index (χ0v) is 37.8. The van der Waals surface area contributed by atoms with Gasteiger partial charge in [-0.3, -0.25) is 4.79 Å². The van der Waals surface area contributed by atoms with Gasteiger partial charge in [-0.05, 0) is 104 Å². The number of ketones is 1. The van der Waals surface area contributed by atoms with Crippen molar-refractivity contribution in [3.05, 3.63) is 24.3 Å². The van der Waals surface area contributed by atoms with Crippen LogP contribution < -0.4 is 0 Å². The Morgan fingerprint density at radius 3 is 2.26 bits per heavy atom. The quantitative estimate of drug-likeness (QED) is 0.199. The first-order valence-electron chi connectivity index (χ1n) is 23.3. The van der Waals surface area contributed by atoms with E-state index in [0.29, 0.717) is 31.1 Å². The summed E-state index contributed by atoms with van der Waals surface area (Å²) in [5, 5.41) is 0.162. The molecule has 10 nitrogen and oxygen atoms in total. The lowest BCUT2D eigenvalue weighted by Gasteiger charge is -2.47. The highest BCUT2D eigenvalue weighted by atomic mass is 28.4. The predicted molar refractivity (Wildman–Crippen MR) is 222 cm³/mol. The van der Waals surface area contributed by atoms with Crippen molar-refractivity contribution < 1.29 is 47.1 Å². The molecule has 0 aromatic carbocycles. The Balaban J connectivity index is 0.953. The summed E-state index contributed by atoms with van der Waals surface area (Å²) in [4.78, 5) is 14.3. The van der Waals surface area contributed by atoms with Gasteiger partial charge in [0.1, 0.15) is 36.3 Å². The first-order chi connectivity index (χ1) is 27.5. The van der Waals surface area contributed by atoms with Crippen LogP contribution in [-0.2, 0) is 47.1 Å². The molecular formula is C47H74O10Si. The number of fused-ring (bicyclic) bond motifs is 6. The molecule has 12 bridgehead atoms. The molecule has 10 heterocycles. The van der Waals surface area contributed by atoms with Crippen molar-refractivity contribution in [1.29, 1.82) is 0 Å². The highest BCUT2D eigenvalue weighted by Crippen LogP contribution is 2.54. The van der Waals surface area contributed by atoms with E-state index in [9.17, 15) is 4.79 Å². The van der Waals surface area contributed by atoms with Gasteiger partial charge in [0.25, 0.3) is 0 Å². The average Bonchev–Trinajstić information content (AvgIpc) is 3.82. The largest absolute Gasteiger partial charge is 0.417 e. The Hall–Kier alpha value is -0.993. The van der Waals surface area contributed by atoms with E-state index in [1.54, 1.807) is 0 Å². The number of carbonyl (C=O) groups excluding carboxylic acids is 1. The molecule has 4 unspecified atom stereocenters. The van der Waals surface area contributed by atoms with Crippen LogP contribution in [0.3, 0.4) is 0 Å². The van der Waals surface area contributed by atoms with Gasteiger partial charge in [-0.15, -0.1) is 0 Å². The molecule has 326 valence electrons. The van der Waals surface area contributed by atoms with Gasteiger partial charge >= 0.3 is 0 Å². The molecule has 11 heteroatoms. The minimum Gasteiger partial charge on any atom is -0.417 e. The van der Waals surface area contributed by atoms with Crippen LogP contribution >= 0.6 is 0 Å². The van der Waals surface area contributed by atoms with E-state index in [4.69, 9.17) is 42.3 Å². The zero-order valence-electron chi connectivity index (χ0n) is 36.8. The Bertz CT molecular complexity index is 1560. The number of ether oxygens (including phenoxy) is 8. The van der Waals surface area contributed by atoms with Crippen molar-refractivity contribution in [3.63, 3.8) is 0 Å². The molecule has 0 radical (unpaired) electrons. The summed E-state index contributed by atoms with van der Waals surface area (Å²) in [5.74, 6) is 0.467. The summed E-state index contributed by atoms with van der Waals surface area (Å²) in [5.41, 5.74) is 2.32. The van der Waals surface area contributed by atoms with Crippen molar-refractivity contribution in [3.8, 4) is 0 Å². The highest BCUT2D eigenvalue weighted by Gasteiger charge is 2.68. The molecule has 0 saturated carbocycles. The van der Waals surface area contributed by atoms with Crippen LogP contribution in [0.4, 0.5) is 0 Å². The van der Waals surface area contributed by atoms with Gasteiger partial charge in [-0.2, -0.15) is 0 Å². The fraction of sp³-hybridized carbons (Fsp3) is 0.894. The summed E-state index contributed by atoms with van der Waals surface area (Å²) in [7, 11) is -1.88. The second kappa shape index (κ2) is 16.0. The maximum atomic E-state index is 14.3. The van der Waals surface area contributed by atoms with Crippen molar-refractivity contribution in [2.75, 3.05) is 6.61 Å². The van der Waals surface area contributed by atoms with Gasteiger partial charge in [-0.1, -0.05) is 54.7 Å². The Morgan fingerprint density at radius 1 is 0.759 bits per heavy atom. The molecule has 10 saturated heterocycles. The van der Waals surface area contributed by atoms with Crippen LogP contribution in [0.5, 0.6) is 0 Å². The summed E-state index contributed by atoms with van der Waals surface area (Å²) in [6.07, 6.45) is 8.52. The first kappa shape index (κ1) is 42.3. The van der Waals surface area contributed by atoms with Crippen molar-refractivity contribution in [2.24, 2.45) is 23.7 Å². The maximum Gasteiger partial charge on any atom is 0.191 e. The third-order valence-corrected chi connectivity index (χ3v) is 21.1. The van der Waals surface area contributed by atoms with E-state index in [2.05, 4.69) is 67.8 Å². The molecule has 0 N–H and O–H groups in total. The lowest BCUT2D eigenvalue weighted by atomic mass is 9.78. The summed E-state index contributed by atoms with van der Waals surface area (Å²) in [6, 6.07) is 0. The van der Waals surface area contributed by atoms with Gasteiger partial charge < -0.3 is 42.3 Å². The van der Waals surface area contributed by atoms with Crippen LogP contribution in [0.1, 0.15) is 125 Å². The van der Waals surface area contributed by atoms with Gasteiger partial charge in [0, 0.05) is 38.7 Å². The summed E-state index contributed by atoms with van der Waals surface area (Å²) >= 11 is 0. The molecule has 10 rings (SSSR count). The summed E-state index contributed by atoms with van der Waals surface area (Å²) < 4.78 is 61.6. The smallest absolute Gasteiger partial charge is 0.191 e. The Morgan fingerprint density at radius 2 is 1.47 bits per heavy atom. The minimum atomic E-state index is -1.88. The standard InChI is InChI=1S/C47H74O10Si/c1-25(24-49-58(9,10)46(6,7)8)17-37-29(5)34-21-30(48)20-32-12-14-36-41(52-32)45-44-43(54-36)42-40(55-44)23-47(56-42,57-45)16-15-33-19-27(3)35(50-33)13-11-31-18-26(2)28(4)38(51-31)22-39(34)53-37/h25-26,29,31-45H,3-4,11-24H2,1-2,5-10H3/t25-,26+,29+,31-,32+,33-,34+,35?,36-,37+,38?,39-,40?,41-,42-,43-,44?,45-,47-/m0/s1. The van der Waals surface area contributed by atoms with Gasteiger partial charge in [-0.25, -0.2) is 0 Å². The third-order valence-electron chi connectivity index (χ3n) is 16.6. The Labute approximate surface area is 349 Å². The predicted octanol–water partition coefficient (Wildman–Crippen LogP) is 8.40. The van der Waals surface area contributed by atoms with E-state index in [1.807, 2.05) is 0 Å². The molecule has 10 aliphatic rings. The zero-order chi connectivity index (χ0) is 40.9. The summed E-state index contributed by atoms with van der Waals surface area (Å²) in [6.45, 7) is 28.2. The molecular weight excluding hydrogens is 753 g/mol. The molecule has 10 aliphatic heterocycles. The number of carbonyl (C=O) groups is 1. The van der Waals surface area contributed by atoms with Gasteiger partial charge in [0.05, 0.1) is 54.9 Å². The number of hydrogen-bond donors (Lipinski definition) is 0. The van der Waals surface area contributed by atoms with Gasteiger partial charge in [0.2, 0.25) is 0 Å². The molecule has 0 aromatic rings. The van der Waals surface area contributed by atoms with Crippen LogP contribution in [-0.4, -0.2) is 112 Å². The average molecular weight is 827 g/mol. The molecule has 10 fully saturated rings. The SMILES string of the molecule is C=C1C[C@@H]2CC[C@@]34CC5OC6[C@@H](O3)[C@H]3O[C@H](CC[C@@H]3O[C@H]6[C@H]5O4)CC(=O)C[C@@H]3[C@@H](C)[C@@H](C[C@H](C)CO[Si](C)(C)C(C)(C)C)O[C@H]3CC3O[C@@H](CCC1O2)C[C@@H](C)C3=C. The van der Waals surface area contributed by atoms with E-state index >= 15 is 0 Å². The van der Waals surface area contributed by atoms with Crippen LogP contribution in [0.15, 0.2) is 24.3 Å². The minimum absolute atomic E-state index is 0.0185. The number of hydrogen-bond acceptors (Lipinski definition) is 10. The van der Waals surface area contributed by atoms with Crippen LogP contribution in [0, 0.1) is 23.7 Å². The highest BCUT2D eigenvalue weighted by molar-refractivity contribution is 6.74. The third kappa shape index (κ3) is 8.07. The maximum absolute atomic E-state index is 14.3. The van der Waals surface area contributed by atoms with Crippen LogP contribution in [0.25, 0.3) is 0 Å². The van der Waals surface area contributed by atoms with Crippen molar-refractivity contribution in [1.82, 2.24) is 0 Å². The fourth-order valence-electron chi connectivity index (χ4n) is 11.9. The van der Waals surface area contributed by atoms with Crippen molar-refractivity contribution in [2.45, 2.75) is 234 Å². The monoisotopic (exact) mass is 827 g/mol. The van der Waals surface area contributed by atoms with Crippen molar-refractivity contribution >= 4 is 14.1 Å². The number of Topliss-reactive ketones (excluding diaryl/α,β-unsaturated/α-hetero) is 1. The van der Waals surface area contributed by atoms with E-state index in [1.165, 1.54) is 5.57 Å². The van der Waals surface area contributed by atoms with Crippen LogP contribution in [0.2, 0.25) is 18.1 Å². The van der Waals surface area contributed by atoms with E-state index < -0.39 is 14.1 Å². The van der Waals surface area contributed by atoms with Gasteiger partial charge in [0.15, 0.2) is 14.1 Å². The van der Waals surface area contributed by atoms with E-state index in [0.717, 1.165) is 76.4 Å². The first-order valence-corrected chi connectivity index (χ1v) is 26.2. The molecule has 0 amide bonds. The lowest BCUT2D eigenvalue weighted by Crippen LogP contribution is -2.61. The molecule has 0 aliphatic carbocycles. The number of rotatable bonds is 5.